The molecule has 0 bridgehead atoms. The van der Waals surface area contributed by atoms with Crippen molar-refractivity contribution in [1.29, 1.82) is 0 Å². The maximum Gasteiger partial charge on any atom is 0.0361 e. The van der Waals surface area contributed by atoms with Gasteiger partial charge in [0.05, 0.1) is 0 Å². The van der Waals surface area contributed by atoms with Crippen molar-refractivity contribution >= 4 is 59.5 Å². The lowest BCUT2D eigenvalue weighted by Crippen LogP contribution is -2.16. The second kappa shape index (κ2) is 15.9. The second-order valence-corrected chi connectivity index (χ2v) is 19.6. The Balaban J connectivity index is 1.14. The van der Waals surface area contributed by atoms with Crippen molar-refractivity contribution in [3.8, 4) is 33.4 Å². The highest BCUT2D eigenvalue weighted by Gasteiger charge is 2.39. The molecule has 1 aromatic heterocycles. The minimum absolute atomic E-state index is 0.126. The van der Waals surface area contributed by atoms with Gasteiger partial charge < -0.3 is 0 Å². The first-order chi connectivity index (χ1) is 31.5. The Morgan fingerprint density at radius 2 is 1.18 bits per heavy atom. The van der Waals surface area contributed by atoms with Gasteiger partial charge in [0.15, 0.2) is 0 Å². The van der Waals surface area contributed by atoms with E-state index in [0.717, 1.165) is 44.6 Å². The van der Waals surface area contributed by atoms with Gasteiger partial charge in [-0.25, -0.2) is 0 Å². The SMILES string of the molecule is C=CC(=C(/C=C/C)C(=C)c1ccccc1C=C)/C(C=C)=C(\C=C\C)c1ccc2c(c1)C(C)(C)c1cc(-c3cc4c(c5cc6sc7ccccc7c6cc35)C(C)(C)c3ccccc3-4)ccc1-2. The third kappa shape index (κ3) is 6.39. The highest BCUT2D eigenvalue weighted by atomic mass is 32.1. The molecule has 0 nitrogen and oxygen atoms in total. The first-order valence-corrected chi connectivity index (χ1v) is 23.5. The van der Waals surface area contributed by atoms with E-state index in [1.54, 1.807) is 0 Å². The van der Waals surface area contributed by atoms with Crippen LogP contribution in [0.4, 0.5) is 0 Å². The normalized spacial score (nSPS) is 15.2. The monoisotopic (exact) mass is 854 g/mol. The molecule has 0 saturated carbocycles. The molecule has 65 heavy (non-hydrogen) atoms. The van der Waals surface area contributed by atoms with Gasteiger partial charge in [-0.15, -0.1) is 11.3 Å². The fourth-order valence-electron chi connectivity index (χ4n) is 11.1. The summed E-state index contributed by atoms with van der Waals surface area (Å²) in [5.74, 6) is 0. The zero-order valence-corrected chi connectivity index (χ0v) is 39.2. The summed E-state index contributed by atoms with van der Waals surface area (Å²) in [6, 6.07) is 47.9. The van der Waals surface area contributed by atoms with Crippen molar-refractivity contribution in [1.82, 2.24) is 0 Å². The number of hydrogen-bond donors (Lipinski definition) is 0. The maximum atomic E-state index is 4.63. The van der Waals surface area contributed by atoms with Crippen LogP contribution in [0.3, 0.4) is 0 Å². The highest BCUT2D eigenvalue weighted by Crippen LogP contribution is 2.56. The van der Waals surface area contributed by atoms with Crippen LogP contribution >= 0.6 is 11.3 Å². The van der Waals surface area contributed by atoms with Crippen LogP contribution in [-0.4, -0.2) is 0 Å². The molecule has 7 aromatic carbocycles. The molecule has 1 heteroatoms. The molecule has 8 aromatic rings. The molecule has 0 radical (unpaired) electrons. The van der Waals surface area contributed by atoms with Crippen molar-refractivity contribution in [2.24, 2.45) is 0 Å². The zero-order valence-electron chi connectivity index (χ0n) is 38.4. The van der Waals surface area contributed by atoms with Gasteiger partial charge in [-0.3, -0.25) is 0 Å². The lowest BCUT2D eigenvalue weighted by molar-refractivity contribution is 0.660. The van der Waals surface area contributed by atoms with Gasteiger partial charge in [0.2, 0.25) is 0 Å². The van der Waals surface area contributed by atoms with Gasteiger partial charge in [0.1, 0.15) is 0 Å². The van der Waals surface area contributed by atoms with Gasteiger partial charge in [0, 0.05) is 31.0 Å². The fourth-order valence-corrected chi connectivity index (χ4v) is 12.2. The summed E-state index contributed by atoms with van der Waals surface area (Å²) in [5, 5.41) is 5.32. The van der Waals surface area contributed by atoms with E-state index in [4.69, 9.17) is 0 Å². The quantitative estimate of drug-likeness (QED) is 0.120. The lowest BCUT2D eigenvalue weighted by atomic mass is 9.78. The molecule has 10 rings (SSSR count). The first kappa shape index (κ1) is 41.9. The summed E-state index contributed by atoms with van der Waals surface area (Å²) < 4.78 is 2.67. The minimum Gasteiger partial charge on any atom is -0.135 e. The molecule has 0 amide bonds. The molecule has 0 fully saturated rings. The van der Waals surface area contributed by atoms with Crippen LogP contribution < -0.4 is 0 Å². The molecule has 0 saturated heterocycles. The number of fused-ring (bicyclic) bond motifs is 11. The van der Waals surface area contributed by atoms with E-state index in [2.05, 4.69) is 207 Å². The van der Waals surface area contributed by atoms with Gasteiger partial charge in [-0.1, -0.05) is 188 Å². The number of thiophene rings is 1. The van der Waals surface area contributed by atoms with Crippen molar-refractivity contribution in [3.05, 3.63) is 246 Å². The number of rotatable bonds is 10. The van der Waals surface area contributed by atoms with E-state index in [0.29, 0.717) is 0 Å². The van der Waals surface area contributed by atoms with Crippen molar-refractivity contribution in [2.75, 3.05) is 0 Å². The summed E-state index contributed by atoms with van der Waals surface area (Å²) >= 11 is 1.90. The van der Waals surface area contributed by atoms with E-state index in [9.17, 15) is 0 Å². The van der Waals surface area contributed by atoms with E-state index < -0.39 is 0 Å². The Bertz CT molecular complexity index is 3510. The summed E-state index contributed by atoms with van der Waals surface area (Å²) in [4.78, 5) is 0. The molecule has 0 aliphatic heterocycles. The molecule has 1 heterocycles. The van der Waals surface area contributed by atoms with Crippen molar-refractivity contribution in [2.45, 2.75) is 52.4 Å². The van der Waals surface area contributed by atoms with Crippen LogP contribution in [-0.2, 0) is 10.8 Å². The van der Waals surface area contributed by atoms with E-state index in [-0.39, 0.29) is 10.8 Å². The van der Waals surface area contributed by atoms with Gasteiger partial charge in [-0.2, -0.15) is 0 Å². The fraction of sp³-hybridized carbons (Fsp3) is 0.125. The van der Waals surface area contributed by atoms with Crippen molar-refractivity contribution < 1.29 is 0 Å². The van der Waals surface area contributed by atoms with Crippen LogP contribution in [0.15, 0.2) is 207 Å². The molecule has 2 aliphatic rings. The molecule has 0 N–H and O–H groups in total. The van der Waals surface area contributed by atoms with Gasteiger partial charge in [-0.05, 0) is 161 Å². The van der Waals surface area contributed by atoms with Crippen LogP contribution in [0.25, 0.3) is 81.5 Å². The van der Waals surface area contributed by atoms with Crippen LogP contribution in [0.1, 0.15) is 80.5 Å². The average molecular weight is 855 g/mol. The second-order valence-electron chi connectivity index (χ2n) is 18.5. The molecular weight excluding hydrogens is 801 g/mol. The highest BCUT2D eigenvalue weighted by molar-refractivity contribution is 7.25. The Morgan fingerprint density at radius 1 is 0.508 bits per heavy atom. The predicted molar refractivity (Wildman–Crippen MR) is 287 cm³/mol. The summed E-state index contributed by atoms with van der Waals surface area (Å²) in [7, 11) is 0. The smallest absolute Gasteiger partial charge is 0.0361 e. The van der Waals surface area contributed by atoms with Gasteiger partial charge in [0.25, 0.3) is 0 Å². The van der Waals surface area contributed by atoms with Crippen LogP contribution in [0.5, 0.6) is 0 Å². The largest absolute Gasteiger partial charge is 0.135 e. The Labute approximate surface area is 389 Å². The lowest BCUT2D eigenvalue weighted by Gasteiger charge is -2.25. The molecule has 0 spiro atoms. The standard InChI is InChI=1S/C64H54S/c1-11-22-46(39(6)45-25-17-16-24-40(45)13-3)43(14-4)44(15-5)47(23-12-2)41-30-32-49-50-33-31-42(35-59(50)63(7,8)58(49)34-41)52-36-55-48-26-18-20-28-57(48)64(9,10)62(55)56-38-61-54(37-53(52)56)51-27-19-21-29-60(51)65-61/h11-38H,3-6H2,1-2,7-10H3/b22-11+,23-12+,46-43+,47-44+. The molecule has 0 unspecified atom stereocenters. The summed E-state index contributed by atoms with van der Waals surface area (Å²) in [5.41, 5.74) is 21.1. The van der Waals surface area contributed by atoms with E-state index >= 15 is 0 Å². The zero-order chi connectivity index (χ0) is 45.4. The van der Waals surface area contributed by atoms with Crippen LogP contribution in [0.2, 0.25) is 0 Å². The average Bonchev–Trinajstić information content (AvgIpc) is 3.89. The van der Waals surface area contributed by atoms with E-state index in [1.807, 2.05) is 42.6 Å². The molecule has 0 atom stereocenters. The number of allylic oxidation sites excluding steroid dienone is 11. The first-order valence-electron chi connectivity index (χ1n) is 22.7. The molecule has 316 valence electrons. The van der Waals surface area contributed by atoms with Crippen molar-refractivity contribution in [3.63, 3.8) is 0 Å². The maximum absolute atomic E-state index is 4.63. The van der Waals surface area contributed by atoms with Crippen LogP contribution in [0, 0.1) is 0 Å². The Hall–Kier alpha value is -7.06. The van der Waals surface area contributed by atoms with E-state index in [1.165, 1.54) is 86.6 Å². The Morgan fingerprint density at radius 3 is 1.94 bits per heavy atom. The summed E-state index contributed by atoms with van der Waals surface area (Å²) in [6.45, 7) is 31.2. The molecule has 2 aliphatic carbocycles. The molecular formula is C64H54S. The minimum atomic E-state index is -0.264. The Kier molecular flexibility index (Phi) is 10.2. The topological polar surface area (TPSA) is 0 Å². The summed E-state index contributed by atoms with van der Waals surface area (Å²) in [6.07, 6.45) is 14.3. The van der Waals surface area contributed by atoms with Gasteiger partial charge >= 0.3 is 0 Å². The number of hydrogen-bond acceptors (Lipinski definition) is 1. The third-order valence-corrected chi connectivity index (χ3v) is 15.4. The third-order valence-electron chi connectivity index (χ3n) is 14.2. The predicted octanol–water partition coefficient (Wildman–Crippen LogP) is 18.4. The number of benzene rings is 7.